The van der Waals surface area contributed by atoms with Crippen LogP contribution in [0.3, 0.4) is 0 Å². The summed E-state index contributed by atoms with van der Waals surface area (Å²) in [5, 5.41) is 2.93. The van der Waals surface area contributed by atoms with Crippen LogP contribution in [0.25, 0.3) is 0 Å². The molecule has 2 rings (SSSR count). The van der Waals surface area contributed by atoms with Crippen molar-refractivity contribution in [2.24, 2.45) is 11.8 Å². The monoisotopic (exact) mass is 509 g/mol. The van der Waals surface area contributed by atoms with E-state index in [0.29, 0.717) is 12.2 Å². The zero-order valence-corrected chi connectivity index (χ0v) is 24.7. The van der Waals surface area contributed by atoms with Crippen molar-refractivity contribution in [1.82, 2.24) is 5.32 Å². The van der Waals surface area contributed by atoms with Crippen LogP contribution in [-0.2, 0) is 23.5 Å². The lowest BCUT2D eigenvalue weighted by molar-refractivity contribution is -0.156. The van der Waals surface area contributed by atoms with Crippen LogP contribution in [0.2, 0.25) is 43.8 Å². The molecule has 1 N–H and O–H groups in total. The number of aldehydes is 1. The van der Waals surface area contributed by atoms with E-state index in [4.69, 9.17) is 9.16 Å². The summed E-state index contributed by atoms with van der Waals surface area (Å²) in [7, 11) is -3.75. The van der Waals surface area contributed by atoms with Gasteiger partial charge in [0.2, 0.25) is 5.91 Å². The highest BCUT2D eigenvalue weighted by molar-refractivity contribution is 6.76. The van der Waals surface area contributed by atoms with Crippen LogP contribution in [0.4, 0.5) is 0 Å². The molecule has 1 saturated heterocycles. The SMILES string of the molecule is C=C1[C@@H](CC=O)C(=O)N[C@]1(C(=O)OCC[Si](C)(C)C)[C@@H](O[Si](C)(C)C(C)(C)C)C1CCCCC1. The molecular formula is C26H47NO5Si2. The number of hydrogen-bond acceptors (Lipinski definition) is 5. The summed E-state index contributed by atoms with van der Waals surface area (Å²) in [4.78, 5) is 38.4. The Kier molecular flexibility index (Phi) is 9.19. The molecule has 2 aliphatic rings. The summed E-state index contributed by atoms with van der Waals surface area (Å²) in [6.07, 6.45) is 5.36. The Balaban J connectivity index is 2.56. The molecule has 194 valence electrons. The largest absolute Gasteiger partial charge is 0.464 e. The summed E-state index contributed by atoms with van der Waals surface area (Å²) in [5.41, 5.74) is -1.03. The van der Waals surface area contributed by atoms with Gasteiger partial charge in [-0.3, -0.25) is 4.79 Å². The van der Waals surface area contributed by atoms with Gasteiger partial charge in [0, 0.05) is 14.5 Å². The van der Waals surface area contributed by atoms with Crippen molar-refractivity contribution in [3.63, 3.8) is 0 Å². The molecule has 34 heavy (non-hydrogen) atoms. The lowest BCUT2D eigenvalue weighted by atomic mass is 9.73. The summed E-state index contributed by atoms with van der Waals surface area (Å²) in [5.74, 6) is -1.44. The summed E-state index contributed by atoms with van der Waals surface area (Å²) in [6.45, 7) is 22.1. The number of esters is 1. The Hall–Kier alpha value is -1.26. The Morgan fingerprint density at radius 3 is 2.26 bits per heavy atom. The molecule has 0 unspecified atom stereocenters. The van der Waals surface area contributed by atoms with Gasteiger partial charge >= 0.3 is 5.97 Å². The number of hydrogen-bond donors (Lipinski definition) is 1. The van der Waals surface area contributed by atoms with Crippen molar-refractivity contribution in [3.05, 3.63) is 12.2 Å². The van der Waals surface area contributed by atoms with E-state index in [2.05, 4.69) is 65.4 Å². The van der Waals surface area contributed by atoms with Crippen LogP contribution in [0, 0.1) is 11.8 Å². The second kappa shape index (κ2) is 10.8. The Morgan fingerprint density at radius 2 is 1.76 bits per heavy atom. The normalized spacial score (nSPS) is 25.7. The second-order valence-corrected chi connectivity index (χ2v) is 23.3. The molecule has 0 spiro atoms. The third kappa shape index (κ3) is 6.29. The topological polar surface area (TPSA) is 81.7 Å². The van der Waals surface area contributed by atoms with Crippen molar-refractivity contribution in [2.45, 2.75) is 115 Å². The van der Waals surface area contributed by atoms with Crippen molar-refractivity contribution in [1.29, 1.82) is 0 Å². The van der Waals surface area contributed by atoms with Crippen LogP contribution in [0.5, 0.6) is 0 Å². The molecule has 0 aromatic rings. The maximum absolute atomic E-state index is 13.9. The molecule has 6 nitrogen and oxygen atoms in total. The molecule has 2 fully saturated rings. The van der Waals surface area contributed by atoms with E-state index in [0.717, 1.165) is 44.4 Å². The van der Waals surface area contributed by atoms with Gasteiger partial charge < -0.3 is 19.3 Å². The first kappa shape index (κ1) is 29.0. The third-order valence-electron chi connectivity index (χ3n) is 8.04. The molecule has 3 atom stereocenters. The van der Waals surface area contributed by atoms with Crippen molar-refractivity contribution < 1.29 is 23.5 Å². The van der Waals surface area contributed by atoms with Gasteiger partial charge in [0.05, 0.1) is 18.6 Å². The Morgan fingerprint density at radius 1 is 1.18 bits per heavy atom. The van der Waals surface area contributed by atoms with E-state index in [-0.39, 0.29) is 23.3 Å². The van der Waals surface area contributed by atoms with Crippen molar-refractivity contribution in [2.75, 3.05) is 6.61 Å². The minimum Gasteiger partial charge on any atom is -0.464 e. The van der Waals surface area contributed by atoms with Gasteiger partial charge in [-0.1, -0.05) is 66.3 Å². The number of carbonyl (C=O) groups excluding carboxylic acids is 3. The average Bonchev–Trinajstić information content (AvgIpc) is 2.97. The molecule has 0 bridgehead atoms. The van der Waals surface area contributed by atoms with Gasteiger partial charge in [-0.25, -0.2) is 4.79 Å². The third-order valence-corrected chi connectivity index (χ3v) is 14.2. The standard InChI is InChI=1S/C26H47NO5Si2/c1-19-21(15-16-28)23(29)27-26(19,24(30)31-17-18-33(5,6)7)22(20-13-11-10-12-14-20)32-34(8,9)25(2,3)4/h16,20-22H,1,10-15,17-18H2,2-9H3,(H,27,29)/t21-,22+,26+/m1/s1. The average molecular weight is 510 g/mol. The molecule has 1 aliphatic heterocycles. The number of ether oxygens (including phenoxy) is 1. The van der Waals surface area contributed by atoms with Crippen molar-refractivity contribution >= 4 is 34.6 Å². The highest BCUT2D eigenvalue weighted by Crippen LogP contribution is 2.47. The van der Waals surface area contributed by atoms with Crippen LogP contribution >= 0.6 is 0 Å². The quantitative estimate of drug-likeness (QED) is 0.183. The summed E-state index contributed by atoms with van der Waals surface area (Å²) < 4.78 is 12.9. The Bertz CT molecular complexity index is 777. The van der Waals surface area contributed by atoms with E-state index < -0.39 is 39.9 Å². The lowest BCUT2D eigenvalue weighted by Gasteiger charge is -2.48. The first-order chi connectivity index (χ1) is 15.6. The summed E-state index contributed by atoms with van der Waals surface area (Å²) >= 11 is 0. The maximum atomic E-state index is 13.9. The van der Waals surface area contributed by atoms with Gasteiger partial charge in [0.15, 0.2) is 13.9 Å². The van der Waals surface area contributed by atoms with E-state index in [1.165, 1.54) is 0 Å². The number of amides is 1. The molecule has 0 aromatic heterocycles. The molecule has 1 heterocycles. The molecule has 0 radical (unpaired) electrons. The predicted octanol–water partition coefficient (Wildman–Crippen LogP) is 5.47. The van der Waals surface area contributed by atoms with E-state index >= 15 is 0 Å². The van der Waals surface area contributed by atoms with Gasteiger partial charge in [-0.15, -0.1) is 0 Å². The smallest absolute Gasteiger partial charge is 0.338 e. The first-order valence-corrected chi connectivity index (χ1v) is 19.5. The fraction of sp³-hybridized carbons (Fsp3) is 0.808. The predicted molar refractivity (Wildman–Crippen MR) is 142 cm³/mol. The van der Waals surface area contributed by atoms with E-state index in [1.807, 2.05) is 0 Å². The fourth-order valence-corrected chi connectivity index (χ4v) is 6.80. The van der Waals surface area contributed by atoms with Gasteiger partial charge in [-0.05, 0) is 48.5 Å². The second-order valence-electron chi connectivity index (χ2n) is 12.9. The van der Waals surface area contributed by atoms with E-state index in [9.17, 15) is 14.4 Å². The molecule has 8 heteroatoms. The molecule has 1 saturated carbocycles. The lowest BCUT2D eigenvalue weighted by Crippen LogP contribution is -2.65. The fourth-order valence-electron chi connectivity index (χ4n) is 4.73. The van der Waals surface area contributed by atoms with E-state index in [1.54, 1.807) is 0 Å². The van der Waals surface area contributed by atoms with Crippen LogP contribution < -0.4 is 5.32 Å². The highest BCUT2D eigenvalue weighted by atomic mass is 28.4. The molecule has 1 aliphatic carbocycles. The van der Waals surface area contributed by atoms with Crippen LogP contribution in [0.15, 0.2) is 12.2 Å². The van der Waals surface area contributed by atoms with Crippen LogP contribution in [0.1, 0.15) is 59.3 Å². The number of nitrogens with one attached hydrogen (secondary N) is 1. The first-order valence-electron chi connectivity index (χ1n) is 12.9. The minimum atomic E-state index is -2.33. The Labute approximate surface area is 208 Å². The zero-order valence-electron chi connectivity index (χ0n) is 22.7. The van der Waals surface area contributed by atoms with Crippen molar-refractivity contribution in [3.8, 4) is 0 Å². The number of rotatable bonds is 10. The number of carbonyl (C=O) groups is 3. The van der Waals surface area contributed by atoms with Gasteiger partial charge in [0.1, 0.15) is 6.29 Å². The molecule has 1 amide bonds. The molecule has 0 aromatic carbocycles. The van der Waals surface area contributed by atoms with Gasteiger partial charge in [0.25, 0.3) is 0 Å². The highest BCUT2D eigenvalue weighted by Gasteiger charge is 2.62. The summed E-state index contributed by atoms with van der Waals surface area (Å²) in [6, 6.07) is 0.837. The van der Waals surface area contributed by atoms with Crippen LogP contribution in [-0.4, -0.2) is 52.8 Å². The van der Waals surface area contributed by atoms with Gasteiger partial charge in [-0.2, -0.15) is 0 Å². The minimum absolute atomic E-state index is 0.00603. The molecular weight excluding hydrogens is 462 g/mol. The maximum Gasteiger partial charge on any atom is 0.338 e. The zero-order chi connectivity index (χ0) is 25.9.